The molecule has 0 spiro atoms. The molecule has 1 aromatic carbocycles. The highest BCUT2D eigenvalue weighted by molar-refractivity contribution is 6.42. The number of benzene rings is 1. The van der Waals surface area contributed by atoms with Crippen LogP contribution in [0.1, 0.15) is 23.7 Å². The Hall–Kier alpha value is -1.07. The van der Waals surface area contributed by atoms with E-state index in [0.29, 0.717) is 10.0 Å². The van der Waals surface area contributed by atoms with Gasteiger partial charge in [-0.1, -0.05) is 29.3 Å². The first-order chi connectivity index (χ1) is 9.11. The first-order valence-electron chi connectivity index (χ1n) is 5.99. The van der Waals surface area contributed by atoms with E-state index in [-0.39, 0.29) is 6.04 Å². The van der Waals surface area contributed by atoms with Crippen LogP contribution < -0.4 is 11.3 Å². The molecule has 1 heterocycles. The van der Waals surface area contributed by atoms with Crippen LogP contribution in [-0.4, -0.2) is 9.78 Å². The molecule has 6 heteroatoms. The first-order valence-corrected chi connectivity index (χ1v) is 6.75. The predicted molar refractivity (Wildman–Crippen MR) is 78.1 cm³/mol. The van der Waals surface area contributed by atoms with Gasteiger partial charge in [-0.2, -0.15) is 5.10 Å². The van der Waals surface area contributed by atoms with Gasteiger partial charge in [0.25, 0.3) is 0 Å². The van der Waals surface area contributed by atoms with E-state index >= 15 is 0 Å². The number of hydrazine groups is 1. The second kappa shape index (κ2) is 6.39. The Morgan fingerprint density at radius 1 is 1.32 bits per heavy atom. The van der Waals surface area contributed by atoms with Gasteiger partial charge < -0.3 is 0 Å². The topological polar surface area (TPSA) is 55.9 Å². The summed E-state index contributed by atoms with van der Waals surface area (Å²) in [6, 6.07) is 7.60. The fraction of sp³-hybridized carbons (Fsp3) is 0.308. The molecule has 0 amide bonds. The number of nitrogens with two attached hydrogens (primary N) is 1. The Bertz CT molecular complexity index is 553. The minimum atomic E-state index is 0.0321. The molecule has 0 aliphatic rings. The highest BCUT2D eigenvalue weighted by Crippen LogP contribution is 2.27. The summed E-state index contributed by atoms with van der Waals surface area (Å²) >= 11 is 11.9. The van der Waals surface area contributed by atoms with E-state index in [1.807, 2.05) is 29.9 Å². The zero-order valence-corrected chi connectivity index (χ0v) is 12.1. The summed E-state index contributed by atoms with van der Waals surface area (Å²) in [6.07, 6.45) is 3.53. The van der Waals surface area contributed by atoms with Gasteiger partial charge in [0.1, 0.15) is 0 Å². The Labute approximate surface area is 122 Å². The molecule has 19 heavy (non-hydrogen) atoms. The SMILES string of the molecule is Cn1nccc1CCC(NN)c1ccc(Cl)c(Cl)c1. The zero-order chi connectivity index (χ0) is 13.8. The van der Waals surface area contributed by atoms with Crippen LogP contribution in [0.15, 0.2) is 30.5 Å². The number of aromatic nitrogens is 2. The number of hydrogen-bond acceptors (Lipinski definition) is 3. The van der Waals surface area contributed by atoms with Gasteiger partial charge in [-0.05, 0) is 36.6 Å². The molecule has 4 nitrogen and oxygen atoms in total. The molecule has 2 rings (SSSR count). The maximum atomic E-state index is 6.03. The molecule has 1 aromatic heterocycles. The number of rotatable bonds is 5. The molecule has 0 fully saturated rings. The normalized spacial score (nSPS) is 12.6. The van der Waals surface area contributed by atoms with E-state index in [4.69, 9.17) is 29.0 Å². The summed E-state index contributed by atoms with van der Waals surface area (Å²) in [5.41, 5.74) is 5.01. The average Bonchev–Trinajstić information content (AvgIpc) is 2.80. The van der Waals surface area contributed by atoms with Gasteiger partial charge in [-0.15, -0.1) is 0 Å². The van der Waals surface area contributed by atoms with E-state index in [9.17, 15) is 0 Å². The average molecular weight is 299 g/mol. The number of halogens is 2. The Balaban J connectivity index is 2.07. The third kappa shape index (κ3) is 3.48. The molecule has 1 unspecified atom stereocenters. The van der Waals surface area contributed by atoms with Crippen LogP contribution >= 0.6 is 23.2 Å². The molecule has 3 N–H and O–H groups in total. The summed E-state index contributed by atoms with van der Waals surface area (Å²) in [5.74, 6) is 5.62. The van der Waals surface area contributed by atoms with E-state index in [2.05, 4.69) is 10.5 Å². The minimum absolute atomic E-state index is 0.0321. The van der Waals surface area contributed by atoms with E-state index in [0.717, 1.165) is 18.4 Å². The van der Waals surface area contributed by atoms with Crippen molar-refractivity contribution in [1.29, 1.82) is 0 Å². The van der Waals surface area contributed by atoms with Crippen LogP contribution in [0.3, 0.4) is 0 Å². The van der Waals surface area contributed by atoms with Crippen molar-refractivity contribution in [1.82, 2.24) is 15.2 Å². The predicted octanol–water partition coefficient (Wildman–Crippen LogP) is 2.86. The molecular weight excluding hydrogens is 283 g/mol. The lowest BCUT2D eigenvalue weighted by Crippen LogP contribution is -2.28. The number of nitrogens with zero attached hydrogens (tertiary/aromatic N) is 2. The van der Waals surface area contributed by atoms with Crippen molar-refractivity contribution in [3.8, 4) is 0 Å². The summed E-state index contributed by atoms with van der Waals surface area (Å²) in [6.45, 7) is 0. The summed E-state index contributed by atoms with van der Waals surface area (Å²) in [5, 5.41) is 5.24. The number of nitrogens with one attached hydrogen (secondary N) is 1. The molecule has 2 aromatic rings. The molecule has 102 valence electrons. The van der Waals surface area contributed by atoms with Crippen LogP contribution in [-0.2, 0) is 13.5 Å². The van der Waals surface area contributed by atoms with E-state index in [1.165, 1.54) is 5.69 Å². The van der Waals surface area contributed by atoms with Gasteiger partial charge >= 0.3 is 0 Å². The third-order valence-corrected chi connectivity index (χ3v) is 3.90. The number of aryl methyl sites for hydroxylation is 2. The summed E-state index contributed by atoms with van der Waals surface area (Å²) < 4.78 is 1.86. The van der Waals surface area contributed by atoms with Crippen molar-refractivity contribution in [2.75, 3.05) is 0 Å². The highest BCUT2D eigenvalue weighted by Gasteiger charge is 2.12. The smallest absolute Gasteiger partial charge is 0.0595 e. The summed E-state index contributed by atoms with van der Waals surface area (Å²) in [4.78, 5) is 0. The molecule has 0 saturated heterocycles. The van der Waals surface area contributed by atoms with Gasteiger partial charge in [0.05, 0.1) is 10.0 Å². The Kier molecular flexibility index (Phi) is 4.82. The van der Waals surface area contributed by atoms with E-state index in [1.54, 1.807) is 12.3 Å². The molecule has 0 saturated carbocycles. The molecule has 1 atom stereocenters. The molecule has 0 radical (unpaired) electrons. The maximum Gasteiger partial charge on any atom is 0.0595 e. The van der Waals surface area contributed by atoms with Crippen molar-refractivity contribution < 1.29 is 0 Å². The Morgan fingerprint density at radius 2 is 2.11 bits per heavy atom. The number of hydrogen-bond donors (Lipinski definition) is 2. The highest BCUT2D eigenvalue weighted by atomic mass is 35.5. The fourth-order valence-electron chi connectivity index (χ4n) is 2.01. The van der Waals surface area contributed by atoms with Crippen molar-refractivity contribution in [3.05, 3.63) is 51.8 Å². The quantitative estimate of drug-likeness (QED) is 0.659. The molecule has 0 aliphatic heterocycles. The molecule has 0 bridgehead atoms. The van der Waals surface area contributed by atoms with Crippen molar-refractivity contribution >= 4 is 23.2 Å². The standard InChI is InChI=1S/C13H16Cl2N4/c1-19-10(6-7-17-19)3-5-13(18-16)9-2-4-11(14)12(15)8-9/h2,4,6-8,13,18H,3,5,16H2,1H3. The second-order valence-corrected chi connectivity index (χ2v) is 5.19. The van der Waals surface area contributed by atoms with Crippen molar-refractivity contribution in [3.63, 3.8) is 0 Å². The minimum Gasteiger partial charge on any atom is -0.273 e. The van der Waals surface area contributed by atoms with Gasteiger partial charge in [0.2, 0.25) is 0 Å². The lowest BCUT2D eigenvalue weighted by atomic mass is 10.0. The van der Waals surface area contributed by atoms with Crippen LogP contribution in [0.4, 0.5) is 0 Å². The van der Waals surface area contributed by atoms with Gasteiger partial charge in [0.15, 0.2) is 0 Å². The largest absolute Gasteiger partial charge is 0.273 e. The van der Waals surface area contributed by atoms with Crippen LogP contribution in [0.5, 0.6) is 0 Å². The monoisotopic (exact) mass is 298 g/mol. The molecule has 0 aliphatic carbocycles. The third-order valence-electron chi connectivity index (χ3n) is 3.16. The summed E-state index contributed by atoms with van der Waals surface area (Å²) in [7, 11) is 1.93. The van der Waals surface area contributed by atoms with Gasteiger partial charge in [-0.25, -0.2) is 0 Å². The van der Waals surface area contributed by atoms with Gasteiger partial charge in [0, 0.05) is 25.0 Å². The van der Waals surface area contributed by atoms with Crippen LogP contribution in [0, 0.1) is 0 Å². The van der Waals surface area contributed by atoms with Crippen molar-refractivity contribution in [2.24, 2.45) is 12.9 Å². The lowest BCUT2D eigenvalue weighted by molar-refractivity contribution is 0.507. The Morgan fingerprint density at radius 3 is 2.68 bits per heavy atom. The zero-order valence-electron chi connectivity index (χ0n) is 10.6. The second-order valence-electron chi connectivity index (χ2n) is 4.38. The van der Waals surface area contributed by atoms with Gasteiger partial charge in [-0.3, -0.25) is 16.0 Å². The maximum absolute atomic E-state index is 6.03. The molecular formula is C13H16Cl2N4. The first kappa shape index (κ1) is 14.3. The van der Waals surface area contributed by atoms with E-state index < -0.39 is 0 Å². The van der Waals surface area contributed by atoms with Crippen molar-refractivity contribution in [2.45, 2.75) is 18.9 Å². The lowest BCUT2D eigenvalue weighted by Gasteiger charge is -2.17. The van der Waals surface area contributed by atoms with Crippen LogP contribution in [0.25, 0.3) is 0 Å². The fourth-order valence-corrected chi connectivity index (χ4v) is 2.32. The van der Waals surface area contributed by atoms with Crippen LogP contribution in [0.2, 0.25) is 10.0 Å².